The number of hydrogen-bond acceptors (Lipinski definition) is 1. The Hall–Kier alpha value is -2.29. The third-order valence-corrected chi connectivity index (χ3v) is 4.11. The highest BCUT2D eigenvalue weighted by Crippen LogP contribution is 2.42. The average Bonchev–Trinajstić information content (AvgIpc) is 2.58. The summed E-state index contributed by atoms with van der Waals surface area (Å²) in [6.45, 7) is 8.55. The van der Waals surface area contributed by atoms with Crippen LogP contribution in [0.5, 0.6) is 0 Å². The van der Waals surface area contributed by atoms with Gasteiger partial charge in [0.15, 0.2) is 0 Å². The zero-order valence-corrected chi connectivity index (χ0v) is 13.7. The SMILES string of the molecule is CC(C)N1C(=N)N(C(C)C)c2ccccc2-c2ccccc21. The second-order valence-corrected chi connectivity index (χ2v) is 6.29. The molecule has 0 unspecified atom stereocenters. The van der Waals surface area contributed by atoms with Gasteiger partial charge in [-0.2, -0.15) is 0 Å². The Morgan fingerprint density at radius 3 is 1.41 bits per heavy atom. The van der Waals surface area contributed by atoms with Crippen LogP contribution >= 0.6 is 0 Å². The van der Waals surface area contributed by atoms with Crippen LogP contribution in [0, 0.1) is 5.41 Å². The Labute approximate surface area is 132 Å². The van der Waals surface area contributed by atoms with Gasteiger partial charge in [-0.05, 0) is 39.8 Å². The molecule has 0 aliphatic carbocycles. The second kappa shape index (κ2) is 5.48. The molecule has 0 saturated heterocycles. The van der Waals surface area contributed by atoms with Crippen molar-refractivity contribution in [1.82, 2.24) is 0 Å². The summed E-state index contributed by atoms with van der Waals surface area (Å²) in [5, 5.41) is 8.82. The van der Waals surface area contributed by atoms with E-state index < -0.39 is 0 Å². The Morgan fingerprint density at radius 1 is 0.682 bits per heavy atom. The molecule has 3 nitrogen and oxygen atoms in total. The third kappa shape index (κ3) is 2.17. The number of anilines is 2. The zero-order chi connectivity index (χ0) is 15.9. The first-order chi connectivity index (χ1) is 10.5. The molecule has 1 aliphatic heterocycles. The first kappa shape index (κ1) is 14.6. The van der Waals surface area contributed by atoms with Crippen LogP contribution in [0.4, 0.5) is 11.4 Å². The van der Waals surface area contributed by atoms with Crippen molar-refractivity contribution in [3.05, 3.63) is 48.5 Å². The van der Waals surface area contributed by atoms with E-state index >= 15 is 0 Å². The number of para-hydroxylation sites is 2. The molecule has 1 aliphatic rings. The molecule has 0 spiro atoms. The minimum atomic E-state index is 0.226. The van der Waals surface area contributed by atoms with Gasteiger partial charge in [-0.15, -0.1) is 0 Å². The molecule has 0 saturated carbocycles. The molecule has 0 amide bonds. The van der Waals surface area contributed by atoms with Gasteiger partial charge in [-0.3, -0.25) is 5.41 Å². The molecule has 1 heterocycles. The van der Waals surface area contributed by atoms with E-state index in [9.17, 15) is 0 Å². The van der Waals surface area contributed by atoms with Crippen LogP contribution < -0.4 is 9.80 Å². The van der Waals surface area contributed by atoms with E-state index in [2.05, 4.69) is 86.0 Å². The fourth-order valence-electron chi connectivity index (χ4n) is 3.21. The number of rotatable bonds is 2. The summed E-state index contributed by atoms with van der Waals surface area (Å²) in [5.74, 6) is 0.544. The van der Waals surface area contributed by atoms with E-state index in [4.69, 9.17) is 5.41 Å². The van der Waals surface area contributed by atoms with E-state index in [0.29, 0.717) is 5.96 Å². The number of fused-ring (bicyclic) bond motifs is 3. The fourth-order valence-corrected chi connectivity index (χ4v) is 3.21. The van der Waals surface area contributed by atoms with Crippen LogP contribution in [0.15, 0.2) is 48.5 Å². The van der Waals surface area contributed by atoms with Gasteiger partial charge in [-0.25, -0.2) is 0 Å². The number of nitrogens with one attached hydrogen (secondary N) is 1. The summed E-state index contributed by atoms with van der Waals surface area (Å²) in [4.78, 5) is 4.24. The molecule has 0 radical (unpaired) electrons. The molecule has 114 valence electrons. The van der Waals surface area contributed by atoms with E-state index in [1.54, 1.807) is 0 Å². The largest absolute Gasteiger partial charge is 0.309 e. The maximum atomic E-state index is 8.82. The lowest BCUT2D eigenvalue weighted by Gasteiger charge is -2.36. The fraction of sp³-hybridized carbons (Fsp3) is 0.316. The lowest BCUT2D eigenvalue weighted by atomic mass is 10.0. The molecule has 0 fully saturated rings. The Morgan fingerprint density at radius 2 is 1.05 bits per heavy atom. The Balaban J connectivity index is 2.34. The van der Waals surface area contributed by atoms with E-state index in [-0.39, 0.29) is 12.1 Å². The van der Waals surface area contributed by atoms with Gasteiger partial charge in [0, 0.05) is 23.2 Å². The molecule has 0 aromatic heterocycles. The standard InChI is InChI=1S/C19H23N3/c1-13(2)21-17-11-7-5-9-15(17)16-10-6-8-12-18(16)22(14(3)4)19(21)20/h5-14,20H,1-4H3. The number of benzene rings is 2. The molecule has 0 bridgehead atoms. The highest BCUT2D eigenvalue weighted by Gasteiger charge is 2.31. The first-order valence-corrected chi connectivity index (χ1v) is 7.87. The van der Waals surface area contributed by atoms with Crippen LogP contribution in [0.1, 0.15) is 27.7 Å². The predicted octanol–water partition coefficient (Wildman–Crippen LogP) is 4.73. The molecular formula is C19H23N3. The lowest BCUT2D eigenvalue weighted by Crippen LogP contribution is -2.49. The molecule has 0 atom stereocenters. The van der Waals surface area contributed by atoms with Gasteiger partial charge in [0.1, 0.15) is 0 Å². The van der Waals surface area contributed by atoms with E-state index in [1.807, 2.05) is 0 Å². The molecule has 2 aromatic rings. The number of hydrogen-bond donors (Lipinski definition) is 1. The molecule has 1 N–H and O–H groups in total. The van der Waals surface area contributed by atoms with Gasteiger partial charge in [0.2, 0.25) is 5.96 Å². The van der Waals surface area contributed by atoms with Gasteiger partial charge in [0.25, 0.3) is 0 Å². The van der Waals surface area contributed by atoms with Crippen molar-refractivity contribution in [2.75, 3.05) is 9.80 Å². The van der Waals surface area contributed by atoms with Crippen LogP contribution in [0.2, 0.25) is 0 Å². The Bertz CT molecular complexity index is 644. The number of nitrogens with zero attached hydrogens (tertiary/aromatic N) is 2. The van der Waals surface area contributed by atoms with Crippen molar-refractivity contribution in [3.8, 4) is 11.1 Å². The van der Waals surface area contributed by atoms with E-state index in [0.717, 1.165) is 11.4 Å². The second-order valence-electron chi connectivity index (χ2n) is 6.29. The smallest absolute Gasteiger partial charge is 0.203 e. The van der Waals surface area contributed by atoms with Gasteiger partial charge >= 0.3 is 0 Å². The molecule has 3 heteroatoms. The number of guanidine groups is 1. The maximum absolute atomic E-state index is 8.82. The summed E-state index contributed by atoms with van der Waals surface area (Å²) in [5.41, 5.74) is 4.61. The highest BCUT2D eigenvalue weighted by molar-refractivity contribution is 6.13. The summed E-state index contributed by atoms with van der Waals surface area (Å²) < 4.78 is 0. The quantitative estimate of drug-likeness (QED) is 0.867. The summed E-state index contributed by atoms with van der Waals surface area (Å²) >= 11 is 0. The first-order valence-electron chi connectivity index (χ1n) is 7.87. The maximum Gasteiger partial charge on any atom is 0.203 e. The van der Waals surface area contributed by atoms with Crippen LogP contribution in [-0.2, 0) is 0 Å². The lowest BCUT2D eigenvalue weighted by molar-refractivity contribution is 0.750. The van der Waals surface area contributed by atoms with Crippen molar-refractivity contribution in [2.45, 2.75) is 39.8 Å². The van der Waals surface area contributed by atoms with E-state index in [1.165, 1.54) is 11.1 Å². The minimum Gasteiger partial charge on any atom is -0.309 e. The molecule has 22 heavy (non-hydrogen) atoms. The molecule has 2 aromatic carbocycles. The zero-order valence-electron chi connectivity index (χ0n) is 13.7. The van der Waals surface area contributed by atoms with Crippen LogP contribution in [-0.4, -0.2) is 18.0 Å². The third-order valence-electron chi connectivity index (χ3n) is 4.11. The van der Waals surface area contributed by atoms with Gasteiger partial charge in [-0.1, -0.05) is 36.4 Å². The van der Waals surface area contributed by atoms with Crippen LogP contribution in [0.3, 0.4) is 0 Å². The molecular weight excluding hydrogens is 270 g/mol. The predicted molar refractivity (Wildman–Crippen MR) is 94.8 cm³/mol. The van der Waals surface area contributed by atoms with Crippen molar-refractivity contribution < 1.29 is 0 Å². The van der Waals surface area contributed by atoms with Crippen LogP contribution in [0.25, 0.3) is 11.1 Å². The average molecular weight is 293 g/mol. The van der Waals surface area contributed by atoms with Crippen molar-refractivity contribution in [3.63, 3.8) is 0 Å². The Kier molecular flexibility index (Phi) is 3.65. The summed E-state index contributed by atoms with van der Waals surface area (Å²) in [6.07, 6.45) is 0. The summed E-state index contributed by atoms with van der Waals surface area (Å²) in [7, 11) is 0. The molecule has 3 rings (SSSR count). The highest BCUT2D eigenvalue weighted by atomic mass is 15.4. The van der Waals surface area contributed by atoms with Crippen molar-refractivity contribution in [2.24, 2.45) is 0 Å². The summed E-state index contributed by atoms with van der Waals surface area (Å²) in [6, 6.07) is 17.2. The van der Waals surface area contributed by atoms with Crippen molar-refractivity contribution >= 4 is 17.3 Å². The van der Waals surface area contributed by atoms with Crippen molar-refractivity contribution in [1.29, 1.82) is 5.41 Å². The normalized spacial score (nSPS) is 14.2. The minimum absolute atomic E-state index is 0.226. The topological polar surface area (TPSA) is 30.3 Å². The van der Waals surface area contributed by atoms with Gasteiger partial charge < -0.3 is 9.80 Å². The van der Waals surface area contributed by atoms with Gasteiger partial charge in [0.05, 0.1) is 11.4 Å². The monoisotopic (exact) mass is 293 g/mol.